The number of hydrogen-bond donors (Lipinski definition) is 2. The lowest BCUT2D eigenvalue weighted by molar-refractivity contribution is 0.544. The van der Waals surface area contributed by atoms with Crippen LogP contribution in [0, 0.1) is 5.92 Å². The monoisotopic (exact) mass is 249 g/mol. The fourth-order valence-electron chi connectivity index (χ4n) is 2.58. The van der Waals surface area contributed by atoms with Crippen LogP contribution >= 0.6 is 0 Å². The van der Waals surface area contributed by atoms with E-state index in [0.717, 1.165) is 30.5 Å². The van der Waals surface area contributed by atoms with E-state index in [2.05, 4.69) is 34.3 Å². The molecule has 5 nitrogen and oxygen atoms in total. The van der Waals surface area contributed by atoms with Crippen molar-refractivity contribution in [2.75, 3.05) is 23.9 Å². The van der Waals surface area contributed by atoms with E-state index in [9.17, 15) is 0 Å². The van der Waals surface area contributed by atoms with Gasteiger partial charge in [-0.05, 0) is 18.8 Å². The third-order valence-corrected chi connectivity index (χ3v) is 3.62. The number of nitrogen functional groups attached to an aromatic ring is 1. The number of nitrogens with zero attached hydrogens (tertiary/aromatic N) is 3. The van der Waals surface area contributed by atoms with Gasteiger partial charge in [-0.3, -0.25) is 0 Å². The van der Waals surface area contributed by atoms with Crippen LogP contribution in [0.2, 0.25) is 0 Å². The van der Waals surface area contributed by atoms with Crippen molar-refractivity contribution in [3.05, 3.63) is 11.9 Å². The molecular formula is C13H23N5. The molecule has 0 aliphatic heterocycles. The quantitative estimate of drug-likeness (QED) is 0.616. The van der Waals surface area contributed by atoms with Gasteiger partial charge in [0, 0.05) is 26.1 Å². The van der Waals surface area contributed by atoms with E-state index < -0.39 is 0 Å². The van der Waals surface area contributed by atoms with Gasteiger partial charge in [0.15, 0.2) is 0 Å². The molecule has 2 rings (SSSR count). The standard InChI is InChI=1S/C13H23N5/c1-3-11-15-12(17-14)8-13(16-11)18(2)9-10-6-4-5-7-10/h8,10H,3-7,9,14H2,1-2H3,(H,15,16,17). The first-order valence-corrected chi connectivity index (χ1v) is 6.78. The van der Waals surface area contributed by atoms with Gasteiger partial charge in [-0.1, -0.05) is 19.8 Å². The molecule has 1 fully saturated rings. The van der Waals surface area contributed by atoms with E-state index >= 15 is 0 Å². The number of aryl methyl sites for hydroxylation is 1. The van der Waals surface area contributed by atoms with Crippen LogP contribution in [0.15, 0.2) is 6.07 Å². The lowest BCUT2D eigenvalue weighted by Gasteiger charge is -2.22. The molecule has 1 heterocycles. The fourth-order valence-corrected chi connectivity index (χ4v) is 2.58. The Hall–Kier alpha value is -1.36. The third-order valence-electron chi connectivity index (χ3n) is 3.62. The largest absolute Gasteiger partial charge is 0.359 e. The normalized spacial score (nSPS) is 15.9. The first-order chi connectivity index (χ1) is 8.72. The zero-order chi connectivity index (χ0) is 13.0. The highest BCUT2D eigenvalue weighted by Gasteiger charge is 2.18. The second kappa shape index (κ2) is 6.00. The molecule has 1 saturated carbocycles. The van der Waals surface area contributed by atoms with Crippen LogP contribution in [0.3, 0.4) is 0 Å². The van der Waals surface area contributed by atoms with Crippen molar-refractivity contribution in [1.29, 1.82) is 0 Å². The average Bonchev–Trinajstić information content (AvgIpc) is 2.90. The van der Waals surface area contributed by atoms with E-state index in [1.54, 1.807) is 0 Å². The Balaban J connectivity index is 2.09. The van der Waals surface area contributed by atoms with Crippen molar-refractivity contribution < 1.29 is 0 Å². The van der Waals surface area contributed by atoms with Gasteiger partial charge in [0.05, 0.1) is 0 Å². The number of rotatable bonds is 5. The Morgan fingerprint density at radius 2 is 2.11 bits per heavy atom. The van der Waals surface area contributed by atoms with Crippen LogP contribution in [0.1, 0.15) is 38.4 Å². The zero-order valence-electron chi connectivity index (χ0n) is 11.3. The highest BCUT2D eigenvalue weighted by atomic mass is 15.3. The highest BCUT2D eigenvalue weighted by molar-refractivity contribution is 5.48. The summed E-state index contributed by atoms with van der Waals surface area (Å²) in [6.45, 7) is 3.13. The van der Waals surface area contributed by atoms with E-state index in [0.29, 0.717) is 5.82 Å². The Kier molecular flexibility index (Phi) is 4.36. The lowest BCUT2D eigenvalue weighted by Crippen LogP contribution is -2.25. The van der Waals surface area contributed by atoms with Gasteiger partial charge in [-0.15, -0.1) is 0 Å². The predicted molar refractivity (Wildman–Crippen MR) is 74.4 cm³/mol. The molecule has 100 valence electrons. The number of hydrazine groups is 1. The van der Waals surface area contributed by atoms with Gasteiger partial charge in [0.1, 0.15) is 17.5 Å². The van der Waals surface area contributed by atoms with E-state index in [4.69, 9.17) is 5.84 Å². The van der Waals surface area contributed by atoms with Gasteiger partial charge in [0.2, 0.25) is 0 Å². The summed E-state index contributed by atoms with van der Waals surface area (Å²) < 4.78 is 0. The van der Waals surface area contributed by atoms with Gasteiger partial charge in [-0.2, -0.15) is 0 Å². The van der Waals surface area contributed by atoms with E-state index in [-0.39, 0.29) is 0 Å². The number of nitrogens with one attached hydrogen (secondary N) is 1. The summed E-state index contributed by atoms with van der Waals surface area (Å²) in [7, 11) is 2.10. The Labute approximate surface area is 109 Å². The maximum atomic E-state index is 5.45. The first kappa shape index (κ1) is 13.1. The van der Waals surface area contributed by atoms with Crippen molar-refractivity contribution in [2.24, 2.45) is 11.8 Å². The van der Waals surface area contributed by atoms with Crippen LogP contribution in [0.4, 0.5) is 11.6 Å². The van der Waals surface area contributed by atoms with Crippen molar-refractivity contribution in [1.82, 2.24) is 9.97 Å². The van der Waals surface area contributed by atoms with Crippen molar-refractivity contribution in [3.63, 3.8) is 0 Å². The van der Waals surface area contributed by atoms with Crippen molar-refractivity contribution in [3.8, 4) is 0 Å². The summed E-state index contributed by atoms with van der Waals surface area (Å²) >= 11 is 0. The van der Waals surface area contributed by atoms with Gasteiger partial charge >= 0.3 is 0 Å². The number of anilines is 2. The molecule has 0 spiro atoms. The van der Waals surface area contributed by atoms with Crippen LogP contribution in [-0.2, 0) is 6.42 Å². The minimum Gasteiger partial charge on any atom is -0.359 e. The van der Waals surface area contributed by atoms with Crippen molar-refractivity contribution in [2.45, 2.75) is 39.0 Å². The topological polar surface area (TPSA) is 67.1 Å². The molecular weight excluding hydrogens is 226 g/mol. The molecule has 18 heavy (non-hydrogen) atoms. The second-order valence-electron chi connectivity index (χ2n) is 5.06. The van der Waals surface area contributed by atoms with E-state index in [1.807, 2.05) is 6.07 Å². The van der Waals surface area contributed by atoms with Crippen LogP contribution in [0.25, 0.3) is 0 Å². The smallest absolute Gasteiger partial charge is 0.145 e. The molecule has 0 saturated heterocycles. The fraction of sp³-hybridized carbons (Fsp3) is 0.692. The summed E-state index contributed by atoms with van der Waals surface area (Å²) in [5.41, 5.74) is 2.61. The molecule has 1 aromatic rings. The SMILES string of the molecule is CCc1nc(NN)cc(N(C)CC2CCCC2)n1. The second-order valence-corrected chi connectivity index (χ2v) is 5.06. The van der Waals surface area contributed by atoms with Gasteiger partial charge in [0.25, 0.3) is 0 Å². The molecule has 1 aromatic heterocycles. The van der Waals surface area contributed by atoms with Gasteiger partial charge < -0.3 is 10.3 Å². The predicted octanol–water partition coefficient (Wildman–Crippen LogP) is 1.95. The maximum absolute atomic E-state index is 5.45. The zero-order valence-corrected chi connectivity index (χ0v) is 11.3. The maximum Gasteiger partial charge on any atom is 0.145 e. The number of aromatic nitrogens is 2. The summed E-state index contributed by atoms with van der Waals surface area (Å²) in [5.74, 6) is 8.74. The summed E-state index contributed by atoms with van der Waals surface area (Å²) in [6.07, 6.45) is 6.26. The molecule has 0 atom stereocenters. The Morgan fingerprint density at radius 1 is 1.39 bits per heavy atom. The Bertz CT molecular complexity index is 365. The first-order valence-electron chi connectivity index (χ1n) is 6.78. The molecule has 0 amide bonds. The Morgan fingerprint density at radius 3 is 2.72 bits per heavy atom. The molecule has 5 heteroatoms. The molecule has 0 unspecified atom stereocenters. The molecule has 1 aliphatic carbocycles. The third kappa shape index (κ3) is 3.10. The van der Waals surface area contributed by atoms with Crippen molar-refractivity contribution >= 4 is 11.6 Å². The minimum atomic E-state index is 0.690. The van der Waals surface area contributed by atoms with E-state index in [1.165, 1.54) is 25.7 Å². The summed E-state index contributed by atoms with van der Waals surface area (Å²) in [5, 5.41) is 0. The molecule has 0 aromatic carbocycles. The number of nitrogens with two attached hydrogens (primary N) is 1. The highest BCUT2D eigenvalue weighted by Crippen LogP contribution is 2.26. The molecule has 0 radical (unpaired) electrons. The molecule has 1 aliphatic rings. The van der Waals surface area contributed by atoms with Gasteiger partial charge in [-0.25, -0.2) is 15.8 Å². The summed E-state index contributed by atoms with van der Waals surface area (Å²) in [4.78, 5) is 11.1. The molecule has 0 bridgehead atoms. The number of hydrogen-bond acceptors (Lipinski definition) is 5. The minimum absolute atomic E-state index is 0.690. The summed E-state index contributed by atoms with van der Waals surface area (Å²) in [6, 6.07) is 1.91. The van der Waals surface area contributed by atoms with Crippen LogP contribution in [0.5, 0.6) is 0 Å². The lowest BCUT2D eigenvalue weighted by atomic mass is 10.1. The average molecular weight is 249 g/mol. The van der Waals surface area contributed by atoms with Crippen LogP contribution in [-0.4, -0.2) is 23.6 Å². The molecule has 3 N–H and O–H groups in total. The van der Waals surface area contributed by atoms with Crippen LogP contribution < -0.4 is 16.2 Å².